The Morgan fingerprint density at radius 2 is 1.10 bits per heavy atom. The van der Waals surface area contributed by atoms with Gasteiger partial charge in [-0.2, -0.15) is 0 Å². The molecule has 0 heterocycles. The summed E-state index contributed by atoms with van der Waals surface area (Å²) in [5.74, 6) is 0.852. The fraction of sp³-hybridized carbons (Fsp3) is 1.00. The summed E-state index contributed by atoms with van der Waals surface area (Å²) in [4.78, 5) is 0. The van der Waals surface area contributed by atoms with Gasteiger partial charge in [0.1, 0.15) is 0 Å². The molecule has 10 heavy (non-hydrogen) atoms. The maximum absolute atomic E-state index is 9.41. The molecule has 0 radical (unpaired) electrons. The summed E-state index contributed by atoms with van der Waals surface area (Å²) in [7, 11) is 0. The summed E-state index contributed by atoms with van der Waals surface area (Å²) in [5, 5.41) is 18.8. The molecule has 2 heteroatoms. The first-order chi connectivity index (χ1) is 4.79. The Balaban J connectivity index is 2.09. The minimum atomic E-state index is -0.109. The van der Waals surface area contributed by atoms with Crippen molar-refractivity contribution in [3.63, 3.8) is 0 Å². The fourth-order valence-corrected chi connectivity index (χ4v) is 2.54. The maximum Gasteiger partial charge on any atom is 0.0572 e. The van der Waals surface area contributed by atoms with Gasteiger partial charge in [-0.1, -0.05) is 0 Å². The van der Waals surface area contributed by atoms with E-state index >= 15 is 0 Å². The molecule has 0 aromatic rings. The van der Waals surface area contributed by atoms with Gasteiger partial charge in [0.25, 0.3) is 0 Å². The van der Waals surface area contributed by atoms with Crippen LogP contribution in [0.15, 0.2) is 0 Å². The van der Waals surface area contributed by atoms with E-state index in [-0.39, 0.29) is 12.2 Å². The van der Waals surface area contributed by atoms with Gasteiger partial charge < -0.3 is 10.2 Å². The Labute approximate surface area is 60.9 Å². The molecule has 0 aromatic heterocycles. The highest BCUT2D eigenvalue weighted by atomic mass is 16.3. The number of rotatable bonds is 0. The normalized spacial score (nSPS) is 53.4. The molecule has 0 aromatic carbocycles. The molecule has 0 spiro atoms. The highest BCUT2D eigenvalue weighted by molar-refractivity contribution is 4.93. The number of hydrogen-bond acceptors (Lipinski definition) is 2. The first-order valence-electron chi connectivity index (χ1n) is 4.15. The van der Waals surface area contributed by atoms with Crippen LogP contribution >= 0.6 is 0 Å². The minimum absolute atomic E-state index is 0.109. The minimum Gasteiger partial charge on any atom is -0.393 e. The lowest BCUT2D eigenvalue weighted by atomic mass is 9.98. The van der Waals surface area contributed by atoms with Crippen LogP contribution in [-0.4, -0.2) is 22.4 Å². The molecule has 2 nitrogen and oxygen atoms in total. The smallest absolute Gasteiger partial charge is 0.0572 e. The van der Waals surface area contributed by atoms with Crippen molar-refractivity contribution >= 4 is 0 Å². The van der Waals surface area contributed by atoms with Gasteiger partial charge in [-0.05, 0) is 37.5 Å². The van der Waals surface area contributed by atoms with Crippen molar-refractivity contribution in [2.45, 2.75) is 37.9 Å². The first-order valence-corrected chi connectivity index (χ1v) is 4.15. The third-order valence-electron chi connectivity index (χ3n) is 3.13. The molecule has 2 unspecified atom stereocenters. The van der Waals surface area contributed by atoms with Gasteiger partial charge in [0, 0.05) is 0 Å². The highest BCUT2D eigenvalue weighted by Gasteiger charge is 2.43. The van der Waals surface area contributed by atoms with Gasteiger partial charge in [-0.15, -0.1) is 0 Å². The lowest BCUT2D eigenvalue weighted by molar-refractivity contribution is 0.0988. The van der Waals surface area contributed by atoms with Crippen LogP contribution in [0.4, 0.5) is 0 Å². The molecule has 0 amide bonds. The van der Waals surface area contributed by atoms with Crippen molar-refractivity contribution < 1.29 is 10.2 Å². The third kappa shape index (κ3) is 0.789. The molecular weight excluding hydrogens is 128 g/mol. The van der Waals surface area contributed by atoms with Crippen molar-refractivity contribution in [1.29, 1.82) is 0 Å². The lowest BCUT2D eigenvalue weighted by Gasteiger charge is -2.13. The van der Waals surface area contributed by atoms with Crippen molar-refractivity contribution in [3.8, 4) is 0 Å². The van der Waals surface area contributed by atoms with E-state index < -0.39 is 0 Å². The quantitative estimate of drug-likeness (QED) is 0.518. The largest absolute Gasteiger partial charge is 0.393 e. The zero-order valence-electron chi connectivity index (χ0n) is 6.03. The highest BCUT2D eigenvalue weighted by Crippen LogP contribution is 2.43. The first kappa shape index (κ1) is 6.62. The van der Waals surface area contributed by atoms with E-state index in [1.807, 2.05) is 0 Å². The van der Waals surface area contributed by atoms with Gasteiger partial charge in [0.2, 0.25) is 0 Å². The van der Waals surface area contributed by atoms with E-state index in [2.05, 4.69) is 0 Å². The monoisotopic (exact) mass is 142 g/mol. The van der Waals surface area contributed by atoms with Gasteiger partial charge in [-0.3, -0.25) is 0 Å². The molecule has 2 fully saturated rings. The zero-order chi connectivity index (χ0) is 7.14. The van der Waals surface area contributed by atoms with Crippen LogP contribution in [0.25, 0.3) is 0 Å². The predicted octanol–water partition coefficient (Wildman–Crippen LogP) is 0.528. The number of aliphatic hydroxyl groups excluding tert-OH is 2. The van der Waals surface area contributed by atoms with E-state index in [9.17, 15) is 10.2 Å². The number of aliphatic hydroxyl groups is 2. The molecule has 58 valence electrons. The summed E-state index contributed by atoms with van der Waals surface area (Å²) in [5.41, 5.74) is 0. The summed E-state index contributed by atoms with van der Waals surface area (Å²) in [6, 6.07) is 0. The van der Waals surface area contributed by atoms with E-state index in [0.717, 1.165) is 25.7 Å². The Bertz CT molecular complexity index is 119. The summed E-state index contributed by atoms with van der Waals surface area (Å²) in [6.07, 6.45) is 3.67. The maximum atomic E-state index is 9.41. The van der Waals surface area contributed by atoms with Crippen molar-refractivity contribution in [1.82, 2.24) is 0 Å². The second-order valence-electron chi connectivity index (χ2n) is 3.62. The SMILES string of the molecule is OC1CC[C@@H]2C(O)CC[C@H]12. The van der Waals surface area contributed by atoms with Crippen LogP contribution in [0, 0.1) is 11.8 Å². The average molecular weight is 142 g/mol. The topological polar surface area (TPSA) is 40.5 Å². The van der Waals surface area contributed by atoms with Crippen molar-refractivity contribution in [3.05, 3.63) is 0 Å². The van der Waals surface area contributed by atoms with Gasteiger partial charge >= 0.3 is 0 Å². The van der Waals surface area contributed by atoms with E-state index in [4.69, 9.17) is 0 Å². The van der Waals surface area contributed by atoms with Crippen LogP contribution in [0.5, 0.6) is 0 Å². The third-order valence-corrected chi connectivity index (χ3v) is 3.13. The molecule has 0 bridgehead atoms. The lowest BCUT2D eigenvalue weighted by Crippen LogP contribution is -2.18. The predicted molar refractivity (Wildman–Crippen MR) is 37.5 cm³/mol. The molecule has 2 aliphatic carbocycles. The van der Waals surface area contributed by atoms with Crippen molar-refractivity contribution in [2.24, 2.45) is 11.8 Å². The molecule has 2 N–H and O–H groups in total. The molecular formula is C8H14O2. The zero-order valence-corrected chi connectivity index (χ0v) is 6.03. The fourth-order valence-electron chi connectivity index (χ4n) is 2.54. The molecule has 4 atom stereocenters. The molecule has 2 aliphatic rings. The van der Waals surface area contributed by atoms with E-state index in [1.54, 1.807) is 0 Å². The van der Waals surface area contributed by atoms with Crippen LogP contribution in [-0.2, 0) is 0 Å². The van der Waals surface area contributed by atoms with E-state index in [1.165, 1.54) is 0 Å². The molecule has 2 rings (SSSR count). The Hall–Kier alpha value is -0.0800. The Kier molecular flexibility index (Phi) is 1.46. The van der Waals surface area contributed by atoms with E-state index in [0.29, 0.717) is 11.8 Å². The standard InChI is InChI=1S/C8H14O2/c9-7-3-1-5-6(7)2-4-8(5)10/h5-10H,1-4H2/t5-,6-,7?,8?/m0/s1. The van der Waals surface area contributed by atoms with Crippen LogP contribution in [0.1, 0.15) is 25.7 Å². The number of hydrogen-bond donors (Lipinski definition) is 2. The second kappa shape index (κ2) is 2.21. The Morgan fingerprint density at radius 1 is 0.700 bits per heavy atom. The molecule has 0 saturated heterocycles. The van der Waals surface area contributed by atoms with Gasteiger partial charge in [0.05, 0.1) is 12.2 Å². The van der Waals surface area contributed by atoms with Gasteiger partial charge in [0.15, 0.2) is 0 Å². The Morgan fingerprint density at radius 3 is 1.50 bits per heavy atom. The average Bonchev–Trinajstić information content (AvgIpc) is 2.41. The van der Waals surface area contributed by atoms with Crippen LogP contribution < -0.4 is 0 Å². The summed E-state index contributed by atoms with van der Waals surface area (Å²) < 4.78 is 0. The van der Waals surface area contributed by atoms with Crippen molar-refractivity contribution in [2.75, 3.05) is 0 Å². The van der Waals surface area contributed by atoms with Crippen LogP contribution in [0.2, 0.25) is 0 Å². The number of fused-ring (bicyclic) bond motifs is 1. The second-order valence-corrected chi connectivity index (χ2v) is 3.62. The molecule has 2 saturated carbocycles. The summed E-state index contributed by atoms with van der Waals surface area (Å²) >= 11 is 0. The van der Waals surface area contributed by atoms with Gasteiger partial charge in [-0.25, -0.2) is 0 Å². The molecule has 0 aliphatic heterocycles. The summed E-state index contributed by atoms with van der Waals surface area (Å²) in [6.45, 7) is 0. The van der Waals surface area contributed by atoms with Crippen LogP contribution in [0.3, 0.4) is 0 Å².